The first-order valence-corrected chi connectivity index (χ1v) is 9.14. The van der Waals surface area contributed by atoms with Gasteiger partial charge in [0, 0.05) is 18.3 Å². The molecule has 3 aromatic rings. The smallest absolute Gasteiger partial charge is 0.326 e. The van der Waals surface area contributed by atoms with Crippen molar-refractivity contribution in [3.63, 3.8) is 0 Å². The van der Waals surface area contributed by atoms with Crippen LogP contribution in [0.2, 0.25) is 0 Å². The first-order chi connectivity index (χ1) is 13.1. The number of fused-ring (bicyclic) bond motifs is 1. The molecule has 10 nitrogen and oxygen atoms in total. The van der Waals surface area contributed by atoms with Crippen molar-refractivity contribution in [2.75, 3.05) is 18.0 Å². The number of hydrogen-bond donors (Lipinski definition) is 3. The molecule has 0 spiro atoms. The van der Waals surface area contributed by atoms with Crippen molar-refractivity contribution >= 4 is 17.7 Å². The van der Waals surface area contributed by atoms with Gasteiger partial charge in [-0.05, 0) is 31.3 Å². The van der Waals surface area contributed by atoms with Crippen molar-refractivity contribution < 1.29 is 5.11 Å². The summed E-state index contributed by atoms with van der Waals surface area (Å²) in [6, 6.07) is 0.301. The molecule has 4 heterocycles. The first-order valence-electron chi connectivity index (χ1n) is 9.14. The van der Waals surface area contributed by atoms with Crippen LogP contribution in [0.5, 0.6) is 5.88 Å². The molecule has 1 aliphatic carbocycles. The maximum atomic E-state index is 11.4. The molecule has 0 radical (unpaired) electrons. The van der Waals surface area contributed by atoms with Gasteiger partial charge in [0.05, 0.1) is 12.2 Å². The molecular formula is C17H20N8O2. The fourth-order valence-electron chi connectivity index (χ4n) is 3.33. The van der Waals surface area contributed by atoms with Crippen LogP contribution in [0.25, 0.3) is 11.7 Å². The molecule has 5 rings (SSSR count). The van der Waals surface area contributed by atoms with Crippen molar-refractivity contribution in [1.82, 2.24) is 29.5 Å². The highest BCUT2D eigenvalue weighted by Gasteiger charge is 2.24. The van der Waals surface area contributed by atoms with Crippen molar-refractivity contribution in [3.05, 3.63) is 33.2 Å². The van der Waals surface area contributed by atoms with E-state index >= 15 is 0 Å². The van der Waals surface area contributed by atoms with E-state index in [-0.39, 0.29) is 11.6 Å². The Morgan fingerprint density at radius 2 is 2.15 bits per heavy atom. The lowest BCUT2D eigenvalue weighted by Gasteiger charge is -2.15. The second kappa shape index (κ2) is 5.93. The van der Waals surface area contributed by atoms with Crippen LogP contribution in [-0.2, 0) is 0 Å². The molecule has 140 valence electrons. The summed E-state index contributed by atoms with van der Waals surface area (Å²) < 4.78 is 1.62. The Balaban J connectivity index is 1.71. The van der Waals surface area contributed by atoms with Crippen LogP contribution in [0.4, 0.5) is 5.95 Å². The molecule has 1 atom stereocenters. The minimum absolute atomic E-state index is 0.218. The van der Waals surface area contributed by atoms with Crippen molar-refractivity contribution in [3.8, 4) is 5.88 Å². The molecule has 0 amide bonds. The van der Waals surface area contributed by atoms with Crippen molar-refractivity contribution in [1.29, 1.82) is 0 Å². The molecule has 0 aromatic carbocycles. The summed E-state index contributed by atoms with van der Waals surface area (Å²) in [5.74, 6) is 1.03. The van der Waals surface area contributed by atoms with Crippen LogP contribution >= 0.6 is 0 Å². The fraction of sp³-hybridized carbons (Fsp3) is 0.471. The van der Waals surface area contributed by atoms with E-state index in [9.17, 15) is 9.90 Å². The van der Waals surface area contributed by atoms with Gasteiger partial charge in [0.1, 0.15) is 5.69 Å². The number of imidazole rings is 1. The van der Waals surface area contributed by atoms with Crippen LogP contribution < -0.4 is 21.4 Å². The number of nitrogens with zero attached hydrogens (tertiary/aromatic N) is 6. The lowest BCUT2D eigenvalue weighted by atomic mass is 10.2. The third-order valence-electron chi connectivity index (χ3n) is 4.95. The molecule has 10 heteroatoms. The normalized spacial score (nSPS) is 21.7. The Hall–Kier alpha value is -3.17. The fourth-order valence-corrected chi connectivity index (χ4v) is 3.33. The van der Waals surface area contributed by atoms with E-state index in [0.29, 0.717) is 34.4 Å². The molecule has 2 fully saturated rings. The number of aromatic hydroxyl groups is 1. The van der Waals surface area contributed by atoms with E-state index in [0.717, 1.165) is 32.4 Å². The number of anilines is 1. The van der Waals surface area contributed by atoms with Crippen molar-refractivity contribution in [2.45, 2.75) is 32.2 Å². The zero-order chi connectivity index (χ0) is 18.5. The summed E-state index contributed by atoms with van der Waals surface area (Å²) >= 11 is 0. The van der Waals surface area contributed by atoms with Crippen LogP contribution in [0.3, 0.4) is 0 Å². The number of aromatic amines is 2. The second-order valence-corrected chi connectivity index (χ2v) is 7.34. The molecule has 27 heavy (non-hydrogen) atoms. The monoisotopic (exact) mass is 368 g/mol. The largest absolute Gasteiger partial charge is 0.493 e. The standard InChI is InChI=1S/C17H20N8O2/c1-9-4-5-24(8-9)15-21-13-10(6-12-14(26)22-17(27)20-12)7-18-25(13)16(23-15)19-11-2-3-11/h6-7,9,11,26H,2-5,8H2,1H3,(H2,20,22,27). The lowest BCUT2D eigenvalue weighted by molar-refractivity contribution is 0.454. The van der Waals surface area contributed by atoms with Gasteiger partial charge in [-0.15, -0.1) is 0 Å². The topological polar surface area (TPSA) is 128 Å². The second-order valence-electron chi connectivity index (χ2n) is 7.34. The van der Waals surface area contributed by atoms with Crippen LogP contribution in [-0.4, -0.2) is 53.8 Å². The molecule has 3 aromatic heterocycles. The predicted octanol–water partition coefficient (Wildman–Crippen LogP) is -0.697. The maximum Gasteiger partial charge on any atom is 0.326 e. The van der Waals surface area contributed by atoms with Crippen LogP contribution in [0.15, 0.2) is 16.0 Å². The van der Waals surface area contributed by atoms with E-state index in [1.165, 1.54) is 0 Å². The Morgan fingerprint density at radius 1 is 1.30 bits per heavy atom. The zero-order valence-corrected chi connectivity index (χ0v) is 14.9. The van der Waals surface area contributed by atoms with Crippen LogP contribution in [0, 0.1) is 5.92 Å². The Labute approximate surface area is 153 Å². The summed E-state index contributed by atoms with van der Waals surface area (Å²) in [6.45, 7) is 4.05. The van der Waals surface area contributed by atoms with Crippen molar-refractivity contribution in [2.24, 2.45) is 10.9 Å². The summed E-state index contributed by atoms with van der Waals surface area (Å²) in [4.78, 5) is 32.5. The molecular weight excluding hydrogens is 348 g/mol. The van der Waals surface area contributed by atoms with Gasteiger partial charge in [-0.25, -0.2) is 9.79 Å². The minimum atomic E-state index is -0.471. The van der Waals surface area contributed by atoms with Gasteiger partial charge in [-0.3, -0.25) is 4.98 Å². The predicted molar refractivity (Wildman–Crippen MR) is 97.2 cm³/mol. The summed E-state index contributed by atoms with van der Waals surface area (Å²) in [6.07, 6.45) is 6.53. The quantitative estimate of drug-likeness (QED) is 0.561. The molecule has 0 bridgehead atoms. The maximum absolute atomic E-state index is 11.4. The van der Waals surface area contributed by atoms with Gasteiger partial charge in [0.25, 0.3) is 5.62 Å². The van der Waals surface area contributed by atoms with E-state index < -0.39 is 5.69 Å². The third-order valence-corrected chi connectivity index (χ3v) is 4.95. The molecule has 2 aliphatic rings. The summed E-state index contributed by atoms with van der Waals surface area (Å²) in [7, 11) is 0. The highest BCUT2D eigenvalue weighted by molar-refractivity contribution is 5.57. The zero-order valence-electron chi connectivity index (χ0n) is 14.9. The van der Waals surface area contributed by atoms with Crippen LogP contribution in [0.1, 0.15) is 31.9 Å². The number of hydrogen-bond acceptors (Lipinski definition) is 7. The average molecular weight is 368 g/mol. The molecule has 3 N–H and O–H groups in total. The van der Waals surface area contributed by atoms with Gasteiger partial charge in [-0.2, -0.15) is 19.6 Å². The highest BCUT2D eigenvalue weighted by Crippen LogP contribution is 2.23. The van der Waals surface area contributed by atoms with E-state index in [1.807, 2.05) is 0 Å². The average Bonchev–Trinajstić information content (AvgIpc) is 3.04. The highest BCUT2D eigenvalue weighted by atomic mass is 16.3. The molecule has 1 unspecified atom stereocenters. The first kappa shape index (κ1) is 16.0. The Bertz CT molecular complexity index is 1190. The number of nitrogens with one attached hydrogen (secondary N) is 2. The van der Waals surface area contributed by atoms with E-state index in [4.69, 9.17) is 4.98 Å². The SMILES string of the molecule is CC1CCN(c2nc(=NC3CC3)n3ncc(=Cc4[nH]c(=O)[nH]c4O)c3n2)C1. The lowest BCUT2D eigenvalue weighted by Crippen LogP contribution is -2.29. The Morgan fingerprint density at radius 3 is 2.81 bits per heavy atom. The van der Waals surface area contributed by atoms with Gasteiger partial charge >= 0.3 is 5.69 Å². The molecule has 1 aliphatic heterocycles. The Kier molecular flexibility index (Phi) is 3.52. The van der Waals surface area contributed by atoms with Gasteiger partial charge in [0.2, 0.25) is 11.8 Å². The number of rotatable bonds is 3. The third kappa shape index (κ3) is 2.96. The van der Waals surface area contributed by atoms with E-state index in [1.54, 1.807) is 16.8 Å². The summed E-state index contributed by atoms with van der Waals surface area (Å²) in [5, 5.41) is 14.9. The summed E-state index contributed by atoms with van der Waals surface area (Å²) in [5.41, 5.74) is 0.954. The number of aromatic nitrogens is 6. The van der Waals surface area contributed by atoms with Gasteiger partial charge in [-0.1, -0.05) is 6.92 Å². The minimum Gasteiger partial charge on any atom is -0.493 e. The van der Waals surface area contributed by atoms with E-state index in [2.05, 4.69) is 36.9 Å². The van der Waals surface area contributed by atoms with Gasteiger partial charge < -0.3 is 15.0 Å². The molecule has 1 saturated heterocycles. The van der Waals surface area contributed by atoms with Gasteiger partial charge in [0.15, 0.2) is 5.65 Å². The number of H-pyrrole nitrogens is 2. The molecule has 1 saturated carbocycles.